The number of nitrogens with one attached hydrogen (secondary N) is 1. The first-order chi connectivity index (χ1) is 13.5. The van der Waals surface area contributed by atoms with Crippen molar-refractivity contribution in [1.82, 2.24) is 10.2 Å². The second kappa shape index (κ2) is 9.77. The smallest absolute Gasteiger partial charge is 0.337 e. The molecule has 2 amide bonds. The van der Waals surface area contributed by atoms with Crippen LogP contribution in [0.15, 0.2) is 11.3 Å². The van der Waals surface area contributed by atoms with Crippen molar-refractivity contribution in [1.29, 1.82) is 0 Å². The third-order valence-corrected chi connectivity index (χ3v) is 6.81. The number of urea groups is 1. The van der Waals surface area contributed by atoms with E-state index < -0.39 is 0 Å². The molecule has 0 aromatic heterocycles. The van der Waals surface area contributed by atoms with E-state index in [-0.39, 0.29) is 30.1 Å². The fraction of sp³-hybridized carbons (Fsp3) is 0.818. The maximum absolute atomic E-state index is 13.0. The summed E-state index contributed by atoms with van der Waals surface area (Å²) >= 11 is 0. The van der Waals surface area contributed by atoms with E-state index in [0.717, 1.165) is 44.2 Å². The van der Waals surface area contributed by atoms with Crippen LogP contribution in [0.3, 0.4) is 0 Å². The van der Waals surface area contributed by atoms with Crippen LogP contribution < -0.4 is 5.32 Å². The molecule has 1 heterocycles. The third kappa shape index (κ3) is 4.70. The number of esters is 1. The van der Waals surface area contributed by atoms with E-state index in [1.807, 2.05) is 13.8 Å². The molecule has 1 unspecified atom stereocenters. The van der Waals surface area contributed by atoms with E-state index in [1.165, 1.54) is 19.3 Å². The average molecular weight is 393 g/mol. The SMILES string of the molecule is CCOC(=O)C1=C(C)N(CC2CCCCC2)C(=O)NC1C1CCC(OC)CC1. The van der Waals surface area contributed by atoms with Crippen molar-refractivity contribution in [3.8, 4) is 0 Å². The van der Waals surface area contributed by atoms with E-state index >= 15 is 0 Å². The summed E-state index contributed by atoms with van der Waals surface area (Å²) in [4.78, 5) is 27.6. The quantitative estimate of drug-likeness (QED) is 0.694. The van der Waals surface area contributed by atoms with Crippen LogP contribution in [0.1, 0.15) is 71.6 Å². The molecule has 0 saturated heterocycles. The van der Waals surface area contributed by atoms with Crippen molar-refractivity contribution < 1.29 is 19.1 Å². The number of carbonyl (C=O) groups is 2. The van der Waals surface area contributed by atoms with Crippen LogP contribution in [0.2, 0.25) is 0 Å². The van der Waals surface area contributed by atoms with Crippen LogP contribution in [-0.4, -0.2) is 49.3 Å². The van der Waals surface area contributed by atoms with Gasteiger partial charge in [0.1, 0.15) is 0 Å². The Hall–Kier alpha value is -1.56. The number of hydrogen-bond acceptors (Lipinski definition) is 4. The van der Waals surface area contributed by atoms with Gasteiger partial charge in [0.2, 0.25) is 0 Å². The van der Waals surface area contributed by atoms with Crippen molar-refractivity contribution in [3.63, 3.8) is 0 Å². The van der Waals surface area contributed by atoms with Gasteiger partial charge < -0.3 is 14.8 Å². The molecule has 158 valence electrons. The summed E-state index contributed by atoms with van der Waals surface area (Å²) in [6.07, 6.45) is 10.2. The van der Waals surface area contributed by atoms with E-state index in [9.17, 15) is 9.59 Å². The molecule has 0 radical (unpaired) electrons. The highest BCUT2D eigenvalue weighted by molar-refractivity contribution is 5.94. The van der Waals surface area contributed by atoms with Crippen molar-refractivity contribution in [2.24, 2.45) is 11.8 Å². The second-order valence-electron chi connectivity index (χ2n) is 8.53. The largest absolute Gasteiger partial charge is 0.463 e. The molecule has 0 spiro atoms. The van der Waals surface area contributed by atoms with Gasteiger partial charge in [-0.3, -0.25) is 4.90 Å². The normalized spacial score (nSPS) is 29.6. The van der Waals surface area contributed by atoms with Gasteiger partial charge in [-0.05, 0) is 64.2 Å². The van der Waals surface area contributed by atoms with Gasteiger partial charge in [-0.25, -0.2) is 9.59 Å². The van der Waals surface area contributed by atoms with Gasteiger partial charge in [-0.2, -0.15) is 0 Å². The van der Waals surface area contributed by atoms with Gasteiger partial charge >= 0.3 is 12.0 Å². The molecule has 2 fully saturated rings. The van der Waals surface area contributed by atoms with Crippen LogP contribution in [-0.2, 0) is 14.3 Å². The average Bonchev–Trinajstić information content (AvgIpc) is 2.71. The summed E-state index contributed by atoms with van der Waals surface area (Å²) in [5.41, 5.74) is 1.43. The summed E-state index contributed by atoms with van der Waals surface area (Å²) < 4.78 is 10.9. The number of allylic oxidation sites excluding steroid dienone is 1. The van der Waals surface area contributed by atoms with Gasteiger partial charge in [-0.15, -0.1) is 0 Å². The van der Waals surface area contributed by atoms with Crippen LogP contribution in [0, 0.1) is 11.8 Å². The predicted molar refractivity (Wildman–Crippen MR) is 108 cm³/mol. The highest BCUT2D eigenvalue weighted by atomic mass is 16.5. The Labute approximate surface area is 169 Å². The van der Waals surface area contributed by atoms with Gasteiger partial charge in [0, 0.05) is 19.4 Å². The Bertz CT molecular complexity index is 589. The molecule has 28 heavy (non-hydrogen) atoms. The van der Waals surface area contributed by atoms with Crippen LogP contribution in [0.4, 0.5) is 4.79 Å². The molecule has 2 aliphatic carbocycles. The van der Waals surface area contributed by atoms with E-state index in [0.29, 0.717) is 24.6 Å². The lowest BCUT2D eigenvalue weighted by Gasteiger charge is -2.41. The fourth-order valence-corrected chi connectivity index (χ4v) is 5.15. The second-order valence-corrected chi connectivity index (χ2v) is 8.53. The van der Waals surface area contributed by atoms with E-state index in [4.69, 9.17) is 9.47 Å². The number of hydrogen-bond donors (Lipinski definition) is 1. The first kappa shape index (κ1) is 21.2. The lowest BCUT2D eigenvalue weighted by molar-refractivity contribution is -0.139. The lowest BCUT2D eigenvalue weighted by Crippen LogP contribution is -2.56. The summed E-state index contributed by atoms with van der Waals surface area (Å²) in [7, 11) is 1.75. The number of ether oxygens (including phenoxy) is 2. The zero-order valence-corrected chi connectivity index (χ0v) is 17.7. The van der Waals surface area contributed by atoms with Gasteiger partial charge in [0.15, 0.2) is 0 Å². The molecule has 0 bridgehead atoms. The highest BCUT2D eigenvalue weighted by Crippen LogP contribution is 2.35. The lowest BCUT2D eigenvalue weighted by atomic mass is 9.78. The van der Waals surface area contributed by atoms with Crippen LogP contribution in [0.25, 0.3) is 0 Å². The Balaban J connectivity index is 1.82. The number of rotatable bonds is 6. The molecule has 6 heteroatoms. The number of nitrogens with zero attached hydrogens (tertiary/aromatic N) is 1. The van der Waals surface area contributed by atoms with Gasteiger partial charge in [-0.1, -0.05) is 19.3 Å². The standard InChI is InChI=1S/C22H36N2O4/c1-4-28-21(25)19-15(2)24(14-16-8-6-5-7-9-16)22(26)23-20(19)17-10-12-18(27-3)13-11-17/h16-18,20H,4-14H2,1-3H3,(H,23,26). The molecule has 3 rings (SSSR count). The Morgan fingerprint density at radius 1 is 1.11 bits per heavy atom. The predicted octanol–water partition coefficient (Wildman–Crippen LogP) is 4.00. The fourth-order valence-electron chi connectivity index (χ4n) is 5.15. The highest BCUT2D eigenvalue weighted by Gasteiger charge is 2.41. The van der Waals surface area contributed by atoms with Crippen molar-refractivity contribution in [3.05, 3.63) is 11.3 Å². The first-order valence-electron chi connectivity index (χ1n) is 11.0. The Morgan fingerprint density at radius 3 is 2.39 bits per heavy atom. The van der Waals surface area contributed by atoms with Crippen molar-refractivity contribution in [2.45, 2.75) is 83.8 Å². The zero-order valence-electron chi connectivity index (χ0n) is 17.7. The number of carbonyl (C=O) groups excluding carboxylic acids is 2. The minimum absolute atomic E-state index is 0.0602. The molecule has 0 aromatic carbocycles. The minimum atomic E-state index is -0.285. The summed E-state index contributed by atoms with van der Waals surface area (Å²) in [6.45, 7) is 4.79. The maximum Gasteiger partial charge on any atom is 0.337 e. The molecule has 0 aromatic rings. The van der Waals surface area contributed by atoms with Crippen LogP contribution in [0.5, 0.6) is 0 Å². The van der Waals surface area contributed by atoms with Gasteiger partial charge in [0.25, 0.3) is 0 Å². The molecule has 1 aliphatic heterocycles. The van der Waals surface area contributed by atoms with Gasteiger partial charge in [0.05, 0.1) is 24.3 Å². The van der Waals surface area contributed by atoms with E-state index in [1.54, 1.807) is 12.0 Å². The molecule has 1 N–H and O–H groups in total. The summed E-state index contributed by atoms with van der Waals surface area (Å²) in [5.74, 6) is 0.487. The molecule has 2 saturated carbocycles. The molecule has 6 nitrogen and oxygen atoms in total. The molecular formula is C22H36N2O4. The molecule has 3 aliphatic rings. The first-order valence-corrected chi connectivity index (χ1v) is 11.0. The molecule has 1 atom stereocenters. The van der Waals surface area contributed by atoms with Crippen LogP contribution >= 0.6 is 0 Å². The summed E-state index contributed by atoms with van der Waals surface area (Å²) in [6, 6.07) is -0.318. The number of methoxy groups -OCH3 is 1. The summed E-state index contributed by atoms with van der Waals surface area (Å²) in [5, 5.41) is 3.17. The Morgan fingerprint density at radius 2 is 1.79 bits per heavy atom. The zero-order chi connectivity index (χ0) is 20.1. The van der Waals surface area contributed by atoms with E-state index in [2.05, 4.69) is 5.32 Å². The minimum Gasteiger partial charge on any atom is -0.463 e. The molecular weight excluding hydrogens is 356 g/mol. The maximum atomic E-state index is 13.0. The van der Waals surface area contributed by atoms with Crippen molar-refractivity contribution in [2.75, 3.05) is 20.3 Å². The Kier molecular flexibility index (Phi) is 7.38. The number of amides is 2. The monoisotopic (exact) mass is 392 g/mol. The van der Waals surface area contributed by atoms with Crippen molar-refractivity contribution >= 4 is 12.0 Å². The third-order valence-electron chi connectivity index (χ3n) is 6.81. The topological polar surface area (TPSA) is 67.9 Å².